The normalized spacial score (nSPS) is 16.0. The first-order chi connectivity index (χ1) is 17.0. The summed E-state index contributed by atoms with van der Waals surface area (Å²) < 4.78 is 2.05. The van der Waals surface area contributed by atoms with E-state index in [2.05, 4.69) is 14.5 Å². The van der Waals surface area contributed by atoms with Gasteiger partial charge in [0.15, 0.2) is 0 Å². The Labute approximate surface area is 210 Å². The Kier molecular flexibility index (Phi) is 6.68. The average molecular weight is 489 g/mol. The number of carbonyl (C=O) groups is 1. The van der Waals surface area contributed by atoms with Crippen LogP contribution in [0.3, 0.4) is 0 Å². The van der Waals surface area contributed by atoms with E-state index in [1.165, 1.54) is 0 Å². The molecule has 1 amide bonds. The first kappa shape index (κ1) is 23.3. The average Bonchev–Trinajstić information content (AvgIpc) is 3.30. The number of fused-ring (bicyclic) bond motifs is 1. The van der Waals surface area contributed by atoms with Crippen molar-refractivity contribution in [2.24, 2.45) is 0 Å². The molecule has 0 bridgehead atoms. The molecule has 0 aliphatic carbocycles. The summed E-state index contributed by atoms with van der Waals surface area (Å²) in [5, 5.41) is 0.661. The highest BCUT2D eigenvalue weighted by molar-refractivity contribution is 6.30. The van der Waals surface area contributed by atoms with E-state index < -0.39 is 0 Å². The number of amides is 1. The third-order valence-electron chi connectivity index (χ3n) is 6.57. The smallest absolute Gasteiger partial charge is 0.225 e. The van der Waals surface area contributed by atoms with Gasteiger partial charge in [-0.25, -0.2) is 15.0 Å². The van der Waals surface area contributed by atoms with Gasteiger partial charge in [0.2, 0.25) is 11.9 Å². The van der Waals surface area contributed by atoms with Gasteiger partial charge < -0.3 is 14.4 Å². The van der Waals surface area contributed by atoms with Gasteiger partial charge >= 0.3 is 0 Å². The van der Waals surface area contributed by atoms with E-state index in [1.54, 1.807) is 0 Å². The lowest BCUT2D eigenvalue weighted by molar-refractivity contribution is -0.135. The standard InChI is InChI=1S/C27H29ClN6O/c1-32(2)27-29-17-21(19-8-7-9-20(28)16-19)26(31-27)24-12-5-6-14-34(24)25(35)13-15-33-18-30-22-10-3-4-11-23(22)33/h3-4,7-11,16-18,24H,5-6,12-15H2,1-2H3/t24-/m0/s1. The summed E-state index contributed by atoms with van der Waals surface area (Å²) in [6, 6.07) is 15.6. The van der Waals surface area contributed by atoms with Crippen molar-refractivity contribution in [3.63, 3.8) is 0 Å². The minimum absolute atomic E-state index is 0.105. The lowest BCUT2D eigenvalue weighted by Gasteiger charge is -2.36. The van der Waals surface area contributed by atoms with Gasteiger partial charge in [-0.05, 0) is 49.1 Å². The number of hydrogen-bond acceptors (Lipinski definition) is 5. The molecule has 7 nitrogen and oxygen atoms in total. The highest BCUT2D eigenvalue weighted by Gasteiger charge is 2.31. The van der Waals surface area contributed by atoms with Gasteiger partial charge in [0.25, 0.3) is 0 Å². The molecule has 1 fully saturated rings. The molecule has 1 saturated heterocycles. The molecule has 0 saturated carbocycles. The van der Waals surface area contributed by atoms with Gasteiger partial charge in [0.1, 0.15) is 0 Å². The van der Waals surface area contributed by atoms with Crippen molar-refractivity contribution in [1.82, 2.24) is 24.4 Å². The topological polar surface area (TPSA) is 67.2 Å². The van der Waals surface area contributed by atoms with Gasteiger partial charge in [-0.15, -0.1) is 0 Å². The quantitative estimate of drug-likeness (QED) is 0.365. The minimum Gasteiger partial charge on any atom is -0.347 e. The molecule has 0 N–H and O–H groups in total. The van der Waals surface area contributed by atoms with Crippen molar-refractivity contribution < 1.29 is 4.79 Å². The summed E-state index contributed by atoms with van der Waals surface area (Å²) in [7, 11) is 3.86. The maximum Gasteiger partial charge on any atom is 0.225 e. The van der Waals surface area contributed by atoms with Crippen LogP contribution in [0.2, 0.25) is 5.02 Å². The molecule has 0 spiro atoms. The molecule has 1 atom stereocenters. The van der Waals surface area contributed by atoms with E-state index >= 15 is 0 Å². The molecule has 35 heavy (non-hydrogen) atoms. The van der Waals surface area contributed by atoms with Crippen LogP contribution in [0, 0.1) is 0 Å². The van der Waals surface area contributed by atoms with Crippen LogP contribution in [0.25, 0.3) is 22.2 Å². The first-order valence-electron chi connectivity index (χ1n) is 12.0. The molecule has 4 aromatic rings. The number of aromatic nitrogens is 4. The number of halogens is 1. The SMILES string of the molecule is CN(C)c1ncc(-c2cccc(Cl)c2)c([C@@H]2CCCCN2C(=O)CCn2cnc3ccccc32)n1. The Bertz CT molecular complexity index is 1350. The van der Waals surface area contributed by atoms with Crippen molar-refractivity contribution in [1.29, 1.82) is 0 Å². The number of imidazole rings is 1. The van der Waals surface area contributed by atoms with Gasteiger partial charge in [-0.3, -0.25) is 4.79 Å². The summed E-state index contributed by atoms with van der Waals surface area (Å²) >= 11 is 6.30. The van der Waals surface area contributed by atoms with Crippen LogP contribution in [0.4, 0.5) is 5.95 Å². The molecule has 0 radical (unpaired) electrons. The second kappa shape index (κ2) is 10.0. The Balaban J connectivity index is 1.45. The molecule has 5 rings (SSSR count). The van der Waals surface area contributed by atoms with Crippen LogP contribution in [-0.4, -0.2) is 51.0 Å². The van der Waals surface area contributed by atoms with E-state index in [0.29, 0.717) is 23.9 Å². The van der Waals surface area contributed by atoms with Gasteiger partial charge in [-0.2, -0.15) is 0 Å². The molecule has 0 unspecified atom stereocenters. The molecule has 2 aromatic heterocycles. The third-order valence-corrected chi connectivity index (χ3v) is 6.81. The molecular weight excluding hydrogens is 460 g/mol. The fourth-order valence-electron chi connectivity index (χ4n) is 4.80. The molecule has 1 aliphatic heterocycles. The van der Waals surface area contributed by atoms with E-state index in [1.807, 2.05) is 85.0 Å². The fraction of sp³-hybridized carbons (Fsp3) is 0.333. The molecule has 1 aliphatic rings. The number of benzene rings is 2. The number of nitrogens with zero attached hydrogens (tertiary/aromatic N) is 6. The number of carbonyl (C=O) groups excluding carboxylic acids is 1. The van der Waals surface area contributed by atoms with E-state index in [4.69, 9.17) is 16.6 Å². The van der Waals surface area contributed by atoms with Crippen LogP contribution in [-0.2, 0) is 11.3 Å². The number of hydrogen-bond donors (Lipinski definition) is 0. The highest BCUT2D eigenvalue weighted by Crippen LogP contribution is 2.37. The van der Waals surface area contributed by atoms with Gasteiger partial charge in [0, 0.05) is 50.4 Å². The van der Waals surface area contributed by atoms with Crippen LogP contribution in [0.5, 0.6) is 0 Å². The zero-order valence-corrected chi connectivity index (χ0v) is 20.8. The van der Waals surface area contributed by atoms with Gasteiger partial charge in [0.05, 0.1) is 29.1 Å². The maximum atomic E-state index is 13.6. The predicted molar refractivity (Wildman–Crippen MR) is 139 cm³/mol. The minimum atomic E-state index is -0.105. The number of aryl methyl sites for hydroxylation is 1. The van der Waals surface area contributed by atoms with Crippen LogP contribution in [0.15, 0.2) is 61.1 Å². The zero-order chi connectivity index (χ0) is 24.4. The second-order valence-electron chi connectivity index (χ2n) is 9.15. The monoisotopic (exact) mass is 488 g/mol. The molecule has 2 aromatic carbocycles. The van der Waals surface area contributed by atoms with E-state index in [-0.39, 0.29) is 11.9 Å². The maximum absolute atomic E-state index is 13.6. The van der Waals surface area contributed by atoms with Crippen molar-refractivity contribution in [3.05, 3.63) is 71.8 Å². The van der Waals surface area contributed by atoms with Crippen LogP contribution >= 0.6 is 11.6 Å². The van der Waals surface area contributed by atoms with Crippen molar-refractivity contribution in [3.8, 4) is 11.1 Å². The molecule has 3 heterocycles. The summed E-state index contributed by atoms with van der Waals surface area (Å²) in [6.45, 7) is 1.32. The number of para-hydroxylation sites is 2. The lowest BCUT2D eigenvalue weighted by Crippen LogP contribution is -2.39. The highest BCUT2D eigenvalue weighted by atomic mass is 35.5. The van der Waals surface area contributed by atoms with Crippen LogP contribution in [0.1, 0.15) is 37.4 Å². The molecular formula is C27H29ClN6O. The van der Waals surface area contributed by atoms with Crippen molar-refractivity contribution >= 4 is 34.5 Å². The number of piperidine rings is 1. The summed E-state index contributed by atoms with van der Waals surface area (Å²) in [5.74, 6) is 0.767. The number of rotatable bonds is 6. The fourth-order valence-corrected chi connectivity index (χ4v) is 4.99. The van der Waals surface area contributed by atoms with Crippen molar-refractivity contribution in [2.45, 2.75) is 38.3 Å². The predicted octanol–water partition coefficient (Wildman–Crippen LogP) is 5.36. The Morgan fingerprint density at radius 2 is 1.97 bits per heavy atom. The summed E-state index contributed by atoms with van der Waals surface area (Å²) in [5.41, 5.74) is 4.75. The largest absolute Gasteiger partial charge is 0.347 e. The Morgan fingerprint density at radius 3 is 2.80 bits per heavy atom. The summed E-state index contributed by atoms with van der Waals surface area (Å²) in [6.07, 6.45) is 7.01. The van der Waals surface area contributed by atoms with E-state index in [0.717, 1.165) is 53.7 Å². The third kappa shape index (κ3) is 4.86. The summed E-state index contributed by atoms with van der Waals surface area (Å²) in [4.78, 5) is 31.4. The number of anilines is 1. The van der Waals surface area contributed by atoms with E-state index in [9.17, 15) is 4.79 Å². The molecule has 8 heteroatoms. The van der Waals surface area contributed by atoms with Crippen LogP contribution < -0.4 is 4.90 Å². The number of likely N-dealkylation sites (tertiary alicyclic amines) is 1. The Morgan fingerprint density at radius 1 is 1.11 bits per heavy atom. The molecule has 180 valence electrons. The second-order valence-corrected chi connectivity index (χ2v) is 9.59. The van der Waals surface area contributed by atoms with Crippen molar-refractivity contribution in [2.75, 3.05) is 25.5 Å². The zero-order valence-electron chi connectivity index (χ0n) is 20.1. The van der Waals surface area contributed by atoms with Gasteiger partial charge in [-0.1, -0.05) is 35.9 Å². The lowest BCUT2D eigenvalue weighted by atomic mass is 9.93. The Hall–Kier alpha value is -3.45. The first-order valence-corrected chi connectivity index (χ1v) is 12.4.